The van der Waals surface area contributed by atoms with Gasteiger partial charge in [0.05, 0.1) is 12.3 Å². The van der Waals surface area contributed by atoms with Gasteiger partial charge in [-0.1, -0.05) is 6.07 Å². The number of pyridine rings is 1. The minimum atomic E-state index is -0.0707. The molecule has 0 aliphatic heterocycles. The molecule has 1 saturated carbocycles. The van der Waals surface area contributed by atoms with Gasteiger partial charge in [-0.3, -0.25) is 9.20 Å². The first-order chi connectivity index (χ1) is 9.28. The molecule has 19 heavy (non-hydrogen) atoms. The van der Waals surface area contributed by atoms with Gasteiger partial charge < -0.3 is 10.1 Å². The Labute approximate surface area is 111 Å². The van der Waals surface area contributed by atoms with Crippen LogP contribution in [0.4, 0.5) is 0 Å². The number of carbonyl (C=O) groups excluding carboxylic acids is 1. The summed E-state index contributed by atoms with van der Waals surface area (Å²) in [6.07, 6.45) is 5.56. The zero-order valence-electron chi connectivity index (χ0n) is 10.9. The van der Waals surface area contributed by atoms with Crippen LogP contribution >= 0.6 is 0 Å². The van der Waals surface area contributed by atoms with Crippen molar-refractivity contribution >= 4 is 11.6 Å². The van der Waals surface area contributed by atoms with Crippen molar-refractivity contribution in [2.75, 3.05) is 6.61 Å². The Bertz CT molecular complexity index is 587. The summed E-state index contributed by atoms with van der Waals surface area (Å²) in [7, 11) is 0. The summed E-state index contributed by atoms with van der Waals surface area (Å²) in [4.78, 5) is 16.4. The Balaban J connectivity index is 1.65. The fourth-order valence-electron chi connectivity index (χ4n) is 2.42. The fourth-order valence-corrected chi connectivity index (χ4v) is 2.42. The van der Waals surface area contributed by atoms with Crippen molar-refractivity contribution in [3.8, 4) is 0 Å². The Morgan fingerprint density at radius 3 is 3.16 bits per heavy atom. The largest absolute Gasteiger partial charge is 0.378 e. The first-order valence-corrected chi connectivity index (χ1v) is 6.62. The first-order valence-electron chi connectivity index (χ1n) is 6.62. The number of ether oxygens (including phenoxy) is 1. The molecule has 0 unspecified atom stereocenters. The Morgan fingerprint density at radius 2 is 2.37 bits per heavy atom. The lowest BCUT2D eigenvalue weighted by atomic mass is 9.89. The molecule has 2 heterocycles. The third-order valence-corrected chi connectivity index (χ3v) is 3.48. The van der Waals surface area contributed by atoms with E-state index in [4.69, 9.17) is 4.74 Å². The van der Waals surface area contributed by atoms with E-state index >= 15 is 0 Å². The van der Waals surface area contributed by atoms with Crippen LogP contribution in [0.1, 0.15) is 30.3 Å². The van der Waals surface area contributed by atoms with Gasteiger partial charge in [0.15, 0.2) is 0 Å². The monoisotopic (exact) mass is 259 g/mol. The third kappa shape index (κ3) is 2.33. The lowest BCUT2D eigenvalue weighted by Gasteiger charge is -2.35. The van der Waals surface area contributed by atoms with E-state index < -0.39 is 0 Å². The maximum Gasteiger partial charge on any atom is 0.270 e. The number of imidazole rings is 1. The molecule has 1 amide bonds. The van der Waals surface area contributed by atoms with E-state index in [1.807, 2.05) is 31.3 Å². The predicted molar refractivity (Wildman–Crippen MR) is 71.1 cm³/mol. The quantitative estimate of drug-likeness (QED) is 0.908. The van der Waals surface area contributed by atoms with Gasteiger partial charge in [-0.05, 0) is 31.9 Å². The number of aromatic nitrogens is 2. The van der Waals surface area contributed by atoms with E-state index in [2.05, 4.69) is 10.3 Å². The fraction of sp³-hybridized carbons (Fsp3) is 0.429. The van der Waals surface area contributed by atoms with Crippen molar-refractivity contribution in [1.82, 2.24) is 14.7 Å². The summed E-state index contributed by atoms with van der Waals surface area (Å²) in [6, 6.07) is 5.90. The van der Waals surface area contributed by atoms with E-state index in [9.17, 15) is 4.79 Å². The first kappa shape index (κ1) is 12.2. The van der Waals surface area contributed by atoms with E-state index in [0.717, 1.165) is 25.1 Å². The molecule has 0 bridgehead atoms. The zero-order chi connectivity index (χ0) is 13.2. The molecule has 1 aliphatic carbocycles. The van der Waals surface area contributed by atoms with Crippen LogP contribution in [-0.2, 0) is 4.74 Å². The third-order valence-electron chi connectivity index (χ3n) is 3.48. The molecular weight excluding hydrogens is 242 g/mol. The standard InChI is InChI=1S/C14H17N3O2/c1-2-19-11-7-10(8-11)16-14(18)12-9-15-13-5-3-4-6-17(12)13/h3-6,9-11H,2,7-8H2,1H3,(H,16,18). The highest BCUT2D eigenvalue weighted by molar-refractivity contribution is 5.93. The van der Waals surface area contributed by atoms with Crippen LogP contribution < -0.4 is 5.32 Å². The Morgan fingerprint density at radius 1 is 1.53 bits per heavy atom. The maximum atomic E-state index is 12.2. The minimum absolute atomic E-state index is 0.0707. The van der Waals surface area contributed by atoms with Gasteiger partial charge in [0.1, 0.15) is 11.3 Å². The van der Waals surface area contributed by atoms with Crippen molar-refractivity contribution < 1.29 is 9.53 Å². The number of nitrogens with one attached hydrogen (secondary N) is 1. The zero-order valence-corrected chi connectivity index (χ0v) is 10.9. The van der Waals surface area contributed by atoms with E-state index in [1.165, 1.54) is 0 Å². The molecule has 0 aromatic carbocycles. The molecule has 100 valence electrons. The number of fused-ring (bicyclic) bond motifs is 1. The number of carbonyl (C=O) groups is 1. The Kier molecular flexibility index (Phi) is 3.21. The van der Waals surface area contributed by atoms with Gasteiger partial charge in [-0.15, -0.1) is 0 Å². The van der Waals surface area contributed by atoms with Crippen LogP contribution in [0.2, 0.25) is 0 Å². The van der Waals surface area contributed by atoms with Crippen molar-refractivity contribution in [2.45, 2.75) is 31.9 Å². The van der Waals surface area contributed by atoms with Crippen LogP contribution in [0.3, 0.4) is 0 Å². The molecule has 3 rings (SSSR count). The maximum absolute atomic E-state index is 12.2. The van der Waals surface area contributed by atoms with Gasteiger partial charge in [-0.25, -0.2) is 4.98 Å². The van der Waals surface area contributed by atoms with Gasteiger partial charge in [0, 0.05) is 18.8 Å². The number of rotatable bonds is 4. The van der Waals surface area contributed by atoms with Gasteiger partial charge in [0.2, 0.25) is 0 Å². The van der Waals surface area contributed by atoms with Crippen LogP contribution in [0, 0.1) is 0 Å². The van der Waals surface area contributed by atoms with Crippen LogP contribution in [0.15, 0.2) is 30.6 Å². The SMILES string of the molecule is CCOC1CC(NC(=O)c2cnc3ccccn23)C1. The molecular formula is C14H17N3O2. The highest BCUT2D eigenvalue weighted by Crippen LogP contribution is 2.23. The highest BCUT2D eigenvalue weighted by Gasteiger charge is 2.31. The average Bonchev–Trinajstić information content (AvgIpc) is 2.80. The van der Waals surface area contributed by atoms with Gasteiger partial charge in [0.25, 0.3) is 5.91 Å². The molecule has 0 radical (unpaired) electrons. The van der Waals surface area contributed by atoms with Crippen LogP contribution in [0.5, 0.6) is 0 Å². The molecule has 0 saturated heterocycles. The average molecular weight is 259 g/mol. The molecule has 5 nitrogen and oxygen atoms in total. The molecule has 2 aromatic heterocycles. The molecule has 1 N–H and O–H groups in total. The second kappa shape index (κ2) is 5.01. The topological polar surface area (TPSA) is 55.6 Å². The molecule has 5 heteroatoms. The van der Waals surface area contributed by atoms with Crippen molar-refractivity contribution in [2.24, 2.45) is 0 Å². The van der Waals surface area contributed by atoms with Crippen molar-refractivity contribution in [1.29, 1.82) is 0 Å². The summed E-state index contributed by atoms with van der Waals surface area (Å²) >= 11 is 0. The summed E-state index contributed by atoms with van der Waals surface area (Å²) < 4.78 is 7.28. The van der Waals surface area contributed by atoms with E-state index in [0.29, 0.717) is 11.8 Å². The minimum Gasteiger partial charge on any atom is -0.378 e. The lowest BCUT2D eigenvalue weighted by molar-refractivity contribution is -0.00867. The second-order valence-electron chi connectivity index (χ2n) is 4.79. The smallest absolute Gasteiger partial charge is 0.270 e. The summed E-state index contributed by atoms with van der Waals surface area (Å²) in [5.74, 6) is -0.0707. The van der Waals surface area contributed by atoms with Gasteiger partial charge in [-0.2, -0.15) is 0 Å². The molecule has 2 aromatic rings. The summed E-state index contributed by atoms with van der Waals surface area (Å²) in [6.45, 7) is 2.73. The number of amides is 1. The predicted octanol–water partition coefficient (Wildman–Crippen LogP) is 1.63. The normalized spacial score (nSPS) is 22.2. The van der Waals surface area contributed by atoms with Crippen molar-refractivity contribution in [3.63, 3.8) is 0 Å². The van der Waals surface area contributed by atoms with E-state index in [1.54, 1.807) is 10.6 Å². The van der Waals surface area contributed by atoms with Crippen LogP contribution in [0.25, 0.3) is 5.65 Å². The summed E-state index contributed by atoms with van der Waals surface area (Å²) in [5, 5.41) is 3.02. The number of hydrogen-bond acceptors (Lipinski definition) is 3. The highest BCUT2D eigenvalue weighted by atomic mass is 16.5. The molecule has 0 spiro atoms. The second-order valence-corrected chi connectivity index (χ2v) is 4.79. The Hall–Kier alpha value is -1.88. The van der Waals surface area contributed by atoms with E-state index in [-0.39, 0.29) is 11.9 Å². The summed E-state index contributed by atoms with van der Waals surface area (Å²) in [5.41, 5.74) is 1.36. The van der Waals surface area contributed by atoms with Gasteiger partial charge >= 0.3 is 0 Å². The molecule has 1 fully saturated rings. The number of hydrogen-bond donors (Lipinski definition) is 1. The van der Waals surface area contributed by atoms with Crippen LogP contribution in [-0.4, -0.2) is 34.0 Å². The molecule has 0 atom stereocenters. The lowest BCUT2D eigenvalue weighted by Crippen LogP contribution is -2.48. The van der Waals surface area contributed by atoms with Crippen molar-refractivity contribution in [3.05, 3.63) is 36.3 Å². The molecule has 1 aliphatic rings. The number of nitrogens with zero attached hydrogens (tertiary/aromatic N) is 2.